The molecule has 0 aromatic heterocycles. The first-order chi connectivity index (χ1) is 12.3. The molecule has 26 heavy (non-hydrogen) atoms. The number of amides is 2. The van der Waals surface area contributed by atoms with Gasteiger partial charge < -0.3 is 14.8 Å². The Bertz CT molecular complexity index is 823. The zero-order valence-electron chi connectivity index (χ0n) is 15.1. The van der Waals surface area contributed by atoms with Crippen molar-refractivity contribution < 1.29 is 19.1 Å². The van der Waals surface area contributed by atoms with Crippen molar-refractivity contribution in [1.82, 2.24) is 0 Å². The zero-order valence-corrected chi connectivity index (χ0v) is 15.9. The summed E-state index contributed by atoms with van der Waals surface area (Å²) in [5.41, 5.74) is 1.93. The molecule has 0 aliphatic carbocycles. The van der Waals surface area contributed by atoms with Gasteiger partial charge in [0.2, 0.25) is 11.8 Å². The molecule has 6 nitrogen and oxygen atoms in total. The fourth-order valence-corrected chi connectivity index (χ4v) is 2.70. The van der Waals surface area contributed by atoms with Crippen LogP contribution in [0.15, 0.2) is 36.4 Å². The molecular weight excluding hydrogens is 356 g/mol. The van der Waals surface area contributed by atoms with Crippen LogP contribution in [0.1, 0.15) is 12.5 Å². The summed E-state index contributed by atoms with van der Waals surface area (Å²) in [6.45, 7) is 3.07. The average Bonchev–Trinajstić information content (AvgIpc) is 2.61. The van der Waals surface area contributed by atoms with E-state index in [1.807, 2.05) is 6.92 Å². The molecule has 0 fully saturated rings. The average molecular weight is 377 g/mol. The highest BCUT2D eigenvalue weighted by atomic mass is 35.5. The molecule has 2 aromatic carbocycles. The van der Waals surface area contributed by atoms with Crippen LogP contribution in [0.5, 0.6) is 11.5 Å². The third-order valence-corrected chi connectivity index (χ3v) is 4.06. The maximum atomic E-state index is 12.5. The van der Waals surface area contributed by atoms with Gasteiger partial charge in [0.25, 0.3) is 0 Å². The van der Waals surface area contributed by atoms with Gasteiger partial charge in [0, 0.05) is 23.7 Å². The Labute approximate surface area is 157 Å². The van der Waals surface area contributed by atoms with E-state index in [0.29, 0.717) is 27.9 Å². The topological polar surface area (TPSA) is 67.9 Å². The van der Waals surface area contributed by atoms with Crippen LogP contribution < -0.4 is 19.7 Å². The normalized spacial score (nSPS) is 10.2. The molecule has 138 valence electrons. The number of aryl methyl sites for hydroxylation is 1. The number of carbonyl (C=O) groups is 2. The second kappa shape index (κ2) is 8.58. The van der Waals surface area contributed by atoms with Crippen LogP contribution in [0.3, 0.4) is 0 Å². The van der Waals surface area contributed by atoms with Gasteiger partial charge in [-0.2, -0.15) is 0 Å². The third kappa shape index (κ3) is 4.67. The van der Waals surface area contributed by atoms with Crippen molar-refractivity contribution in [2.24, 2.45) is 0 Å². The summed E-state index contributed by atoms with van der Waals surface area (Å²) in [5.74, 6) is 0.396. The fraction of sp³-hybridized carbons (Fsp3) is 0.263. The van der Waals surface area contributed by atoms with Crippen molar-refractivity contribution in [2.45, 2.75) is 13.8 Å². The Balaban J connectivity index is 2.25. The van der Waals surface area contributed by atoms with Crippen molar-refractivity contribution in [2.75, 3.05) is 31.0 Å². The third-order valence-electron chi connectivity index (χ3n) is 3.82. The van der Waals surface area contributed by atoms with Gasteiger partial charge in [-0.3, -0.25) is 14.5 Å². The maximum absolute atomic E-state index is 12.5. The molecule has 7 heteroatoms. The predicted molar refractivity (Wildman–Crippen MR) is 102 cm³/mol. The molecule has 0 saturated carbocycles. The molecule has 2 amide bonds. The predicted octanol–water partition coefficient (Wildman–Crippen LogP) is 3.66. The SMILES string of the molecule is COc1ccc(OC)c(N(CC(=O)Nc2ccc(Cl)cc2C)C(C)=O)c1. The molecule has 0 atom stereocenters. The lowest BCUT2D eigenvalue weighted by Gasteiger charge is -2.23. The molecule has 2 rings (SSSR count). The maximum Gasteiger partial charge on any atom is 0.244 e. The van der Waals surface area contributed by atoms with Gasteiger partial charge in [-0.05, 0) is 42.8 Å². The van der Waals surface area contributed by atoms with Crippen LogP contribution in [0.25, 0.3) is 0 Å². The summed E-state index contributed by atoms with van der Waals surface area (Å²) < 4.78 is 10.5. The molecule has 2 aromatic rings. The Hall–Kier alpha value is -2.73. The van der Waals surface area contributed by atoms with E-state index < -0.39 is 0 Å². The van der Waals surface area contributed by atoms with Crippen molar-refractivity contribution in [3.63, 3.8) is 0 Å². The summed E-state index contributed by atoms with van der Waals surface area (Å²) in [6.07, 6.45) is 0. The number of halogens is 1. The van der Waals surface area contributed by atoms with Crippen molar-refractivity contribution in [3.05, 3.63) is 47.0 Å². The highest BCUT2D eigenvalue weighted by molar-refractivity contribution is 6.30. The Morgan fingerprint density at radius 2 is 1.85 bits per heavy atom. The summed E-state index contributed by atoms with van der Waals surface area (Å²) in [6, 6.07) is 10.2. The summed E-state index contributed by atoms with van der Waals surface area (Å²) >= 11 is 5.93. The van der Waals surface area contributed by atoms with Gasteiger partial charge in [-0.1, -0.05) is 11.6 Å². The first-order valence-corrected chi connectivity index (χ1v) is 8.29. The number of nitrogens with one attached hydrogen (secondary N) is 1. The summed E-state index contributed by atoms with van der Waals surface area (Å²) in [5, 5.41) is 3.38. The molecule has 0 heterocycles. The summed E-state index contributed by atoms with van der Waals surface area (Å²) in [7, 11) is 3.03. The second-order valence-electron chi connectivity index (χ2n) is 5.65. The smallest absolute Gasteiger partial charge is 0.244 e. The number of carbonyl (C=O) groups excluding carboxylic acids is 2. The number of anilines is 2. The number of ether oxygens (including phenoxy) is 2. The minimum absolute atomic E-state index is 0.166. The Kier molecular flexibility index (Phi) is 6.46. The summed E-state index contributed by atoms with van der Waals surface area (Å²) in [4.78, 5) is 26.0. The monoisotopic (exact) mass is 376 g/mol. The van der Waals surface area contributed by atoms with E-state index >= 15 is 0 Å². The van der Waals surface area contributed by atoms with Crippen LogP contribution in [0.2, 0.25) is 5.02 Å². The van der Waals surface area contributed by atoms with Gasteiger partial charge in [0.05, 0.1) is 19.9 Å². The molecular formula is C19H21ClN2O4. The van der Waals surface area contributed by atoms with E-state index in [9.17, 15) is 9.59 Å². The van der Waals surface area contributed by atoms with Gasteiger partial charge in [-0.25, -0.2) is 0 Å². The van der Waals surface area contributed by atoms with Crippen molar-refractivity contribution >= 4 is 34.8 Å². The van der Waals surface area contributed by atoms with Gasteiger partial charge >= 0.3 is 0 Å². The van der Waals surface area contributed by atoms with Crippen LogP contribution in [-0.2, 0) is 9.59 Å². The number of hydrogen-bond acceptors (Lipinski definition) is 4. The van der Waals surface area contributed by atoms with E-state index in [4.69, 9.17) is 21.1 Å². The van der Waals surface area contributed by atoms with Gasteiger partial charge in [-0.15, -0.1) is 0 Å². The number of nitrogens with zero attached hydrogens (tertiary/aromatic N) is 1. The molecule has 0 bridgehead atoms. The highest BCUT2D eigenvalue weighted by Gasteiger charge is 2.20. The van der Waals surface area contributed by atoms with Crippen molar-refractivity contribution in [1.29, 1.82) is 0 Å². The number of benzene rings is 2. The highest BCUT2D eigenvalue weighted by Crippen LogP contribution is 2.32. The second-order valence-corrected chi connectivity index (χ2v) is 6.09. The molecule has 0 aliphatic rings. The zero-order chi connectivity index (χ0) is 19.3. The van der Waals surface area contributed by atoms with Gasteiger partial charge in [0.1, 0.15) is 18.0 Å². The van der Waals surface area contributed by atoms with Crippen LogP contribution in [0, 0.1) is 6.92 Å². The lowest BCUT2D eigenvalue weighted by molar-refractivity contribution is -0.120. The van der Waals surface area contributed by atoms with Crippen LogP contribution >= 0.6 is 11.6 Å². The van der Waals surface area contributed by atoms with Crippen LogP contribution in [0.4, 0.5) is 11.4 Å². The Morgan fingerprint density at radius 1 is 1.12 bits per heavy atom. The number of hydrogen-bond donors (Lipinski definition) is 1. The van der Waals surface area contributed by atoms with E-state index in [1.165, 1.54) is 26.0 Å². The molecule has 0 spiro atoms. The lowest BCUT2D eigenvalue weighted by Crippen LogP contribution is -2.37. The van der Waals surface area contributed by atoms with Crippen molar-refractivity contribution in [3.8, 4) is 11.5 Å². The minimum Gasteiger partial charge on any atom is -0.497 e. The molecule has 0 unspecified atom stereocenters. The molecule has 0 aliphatic heterocycles. The van der Waals surface area contributed by atoms with Crippen LogP contribution in [-0.4, -0.2) is 32.6 Å². The fourth-order valence-electron chi connectivity index (χ4n) is 2.47. The molecule has 1 N–H and O–H groups in total. The first kappa shape index (κ1) is 19.6. The number of rotatable bonds is 6. The molecule has 0 saturated heterocycles. The standard InChI is InChI=1S/C19H21ClN2O4/c1-12-9-14(20)5-7-16(12)21-19(24)11-22(13(2)23)17-10-15(25-3)6-8-18(17)26-4/h5-10H,11H2,1-4H3,(H,21,24). The van der Waals surface area contributed by atoms with E-state index in [0.717, 1.165) is 5.56 Å². The molecule has 0 radical (unpaired) electrons. The Morgan fingerprint density at radius 3 is 2.42 bits per heavy atom. The number of methoxy groups -OCH3 is 2. The first-order valence-electron chi connectivity index (χ1n) is 7.92. The van der Waals surface area contributed by atoms with E-state index in [1.54, 1.807) is 36.4 Å². The van der Waals surface area contributed by atoms with E-state index in [-0.39, 0.29) is 18.4 Å². The largest absolute Gasteiger partial charge is 0.497 e. The van der Waals surface area contributed by atoms with E-state index in [2.05, 4.69) is 5.32 Å². The van der Waals surface area contributed by atoms with Gasteiger partial charge in [0.15, 0.2) is 0 Å². The minimum atomic E-state index is -0.338. The quantitative estimate of drug-likeness (QED) is 0.835. The lowest BCUT2D eigenvalue weighted by atomic mass is 10.2.